The van der Waals surface area contributed by atoms with Crippen LogP contribution in [-0.4, -0.2) is 42.2 Å². The molecule has 0 bridgehead atoms. The lowest BCUT2D eigenvalue weighted by molar-refractivity contribution is -0.110. The fourth-order valence-corrected chi connectivity index (χ4v) is 2.39. The smallest absolute Gasteiger partial charge is 0.207 e. The molecule has 17 heavy (non-hydrogen) atoms. The summed E-state index contributed by atoms with van der Waals surface area (Å²) in [5.74, 6) is 0.143. The van der Waals surface area contributed by atoms with Crippen molar-refractivity contribution in [2.75, 3.05) is 19.7 Å². The molecule has 92 valence electrons. The third kappa shape index (κ3) is 3.05. The number of benzene rings is 1. The highest BCUT2D eigenvalue weighted by atomic mass is 16.3. The molecule has 1 aliphatic heterocycles. The van der Waals surface area contributed by atoms with E-state index in [1.165, 1.54) is 5.56 Å². The van der Waals surface area contributed by atoms with E-state index in [1.54, 1.807) is 0 Å². The van der Waals surface area contributed by atoms with Gasteiger partial charge in [-0.3, -0.25) is 9.69 Å². The quantitative estimate of drug-likeness (QED) is 0.717. The molecule has 0 radical (unpaired) electrons. The van der Waals surface area contributed by atoms with Crippen LogP contribution in [0.4, 0.5) is 0 Å². The van der Waals surface area contributed by atoms with E-state index in [1.807, 2.05) is 18.2 Å². The molecule has 2 atom stereocenters. The van der Waals surface area contributed by atoms with Gasteiger partial charge in [0.05, 0.1) is 0 Å². The van der Waals surface area contributed by atoms with Gasteiger partial charge in [0.2, 0.25) is 6.41 Å². The average molecular weight is 234 g/mol. The summed E-state index contributed by atoms with van der Waals surface area (Å²) in [7, 11) is 0. The molecule has 1 aromatic rings. The van der Waals surface area contributed by atoms with E-state index in [2.05, 4.69) is 22.3 Å². The second-order valence-corrected chi connectivity index (χ2v) is 4.51. The predicted molar refractivity (Wildman–Crippen MR) is 65.3 cm³/mol. The second kappa shape index (κ2) is 5.80. The molecule has 0 saturated carbocycles. The first-order valence-corrected chi connectivity index (χ1v) is 5.90. The molecule has 1 heterocycles. The van der Waals surface area contributed by atoms with Crippen LogP contribution in [0.1, 0.15) is 5.56 Å². The molecule has 1 aromatic carbocycles. The Morgan fingerprint density at radius 3 is 2.76 bits per heavy atom. The number of nitrogens with zero attached hydrogens (tertiary/aromatic N) is 1. The number of amides is 1. The molecule has 2 rings (SSSR count). The lowest BCUT2D eigenvalue weighted by atomic mass is 10.1. The molecule has 0 spiro atoms. The maximum absolute atomic E-state index is 10.5. The minimum absolute atomic E-state index is 0.0706. The van der Waals surface area contributed by atoms with E-state index in [0.29, 0.717) is 0 Å². The predicted octanol–water partition coefficient (Wildman–Crippen LogP) is 0.225. The molecule has 1 amide bonds. The number of hydrogen-bond acceptors (Lipinski definition) is 3. The zero-order valence-electron chi connectivity index (χ0n) is 9.75. The van der Waals surface area contributed by atoms with Crippen molar-refractivity contribution < 1.29 is 9.90 Å². The van der Waals surface area contributed by atoms with Crippen LogP contribution in [0, 0.1) is 5.92 Å². The van der Waals surface area contributed by atoms with Gasteiger partial charge in [0.1, 0.15) is 0 Å². The van der Waals surface area contributed by atoms with Crippen LogP contribution in [0.5, 0.6) is 0 Å². The fraction of sp³-hybridized carbons (Fsp3) is 0.462. The number of likely N-dealkylation sites (tertiary alicyclic amines) is 1. The van der Waals surface area contributed by atoms with E-state index < -0.39 is 0 Å². The Bertz CT molecular complexity index is 356. The third-order valence-corrected chi connectivity index (χ3v) is 3.28. The highest BCUT2D eigenvalue weighted by Gasteiger charge is 2.31. The van der Waals surface area contributed by atoms with Gasteiger partial charge in [-0.15, -0.1) is 0 Å². The summed E-state index contributed by atoms with van der Waals surface area (Å²) in [4.78, 5) is 12.7. The minimum Gasteiger partial charge on any atom is -0.396 e. The van der Waals surface area contributed by atoms with Crippen molar-refractivity contribution in [3.8, 4) is 0 Å². The summed E-state index contributed by atoms with van der Waals surface area (Å²) >= 11 is 0. The Labute approximate surface area is 101 Å². The topological polar surface area (TPSA) is 52.6 Å². The standard InChI is InChI=1S/C13H18N2O2/c16-9-12-7-15(8-13(12)14-10-17)6-11-4-2-1-3-5-11/h1-5,10,12-13,16H,6-9H2,(H,14,17)/t12-,13+/m0/s1. The van der Waals surface area contributed by atoms with Gasteiger partial charge in [0.25, 0.3) is 0 Å². The van der Waals surface area contributed by atoms with Crippen LogP contribution >= 0.6 is 0 Å². The van der Waals surface area contributed by atoms with Crippen molar-refractivity contribution >= 4 is 6.41 Å². The number of nitrogens with one attached hydrogen (secondary N) is 1. The number of carbonyl (C=O) groups excluding carboxylic acids is 1. The molecule has 1 saturated heterocycles. The molecular formula is C13H18N2O2. The van der Waals surface area contributed by atoms with E-state index in [9.17, 15) is 9.90 Å². The maximum Gasteiger partial charge on any atom is 0.207 e. The molecule has 4 heteroatoms. The lowest BCUT2D eigenvalue weighted by Crippen LogP contribution is -2.36. The van der Waals surface area contributed by atoms with Crippen molar-refractivity contribution in [1.29, 1.82) is 0 Å². The largest absolute Gasteiger partial charge is 0.396 e. The van der Waals surface area contributed by atoms with Crippen molar-refractivity contribution in [3.63, 3.8) is 0 Å². The van der Waals surface area contributed by atoms with Crippen LogP contribution < -0.4 is 5.32 Å². The second-order valence-electron chi connectivity index (χ2n) is 4.51. The van der Waals surface area contributed by atoms with Crippen molar-refractivity contribution in [1.82, 2.24) is 10.2 Å². The Morgan fingerprint density at radius 2 is 2.12 bits per heavy atom. The van der Waals surface area contributed by atoms with Gasteiger partial charge >= 0.3 is 0 Å². The highest BCUT2D eigenvalue weighted by Crippen LogP contribution is 2.18. The summed E-state index contributed by atoms with van der Waals surface area (Å²) in [5.41, 5.74) is 1.26. The summed E-state index contributed by atoms with van der Waals surface area (Å²) in [6.07, 6.45) is 0.722. The first kappa shape index (κ1) is 12.1. The van der Waals surface area contributed by atoms with Gasteiger partial charge in [0.15, 0.2) is 0 Å². The van der Waals surface area contributed by atoms with E-state index in [-0.39, 0.29) is 18.6 Å². The minimum atomic E-state index is 0.0706. The Balaban J connectivity index is 1.93. The molecule has 2 N–H and O–H groups in total. The fourth-order valence-electron chi connectivity index (χ4n) is 2.39. The van der Waals surface area contributed by atoms with Gasteiger partial charge in [-0.2, -0.15) is 0 Å². The van der Waals surface area contributed by atoms with Crippen LogP contribution in [0.25, 0.3) is 0 Å². The molecule has 4 nitrogen and oxygen atoms in total. The normalized spacial score (nSPS) is 24.8. The number of aliphatic hydroxyl groups is 1. The molecule has 0 unspecified atom stereocenters. The first-order valence-electron chi connectivity index (χ1n) is 5.90. The Morgan fingerprint density at radius 1 is 1.35 bits per heavy atom. The third-order valence-electron chi connectivity index (χ3n) is 3.28. The van der Waals surface area contributed by atoms with Gasteiger partial charge in [-0.05, 0) is 5.56 Å². The average Bonchev–Trinajstić information content (AvgIpc) is 2.73. The van der Waals surface area contributed by atoms with Crippen molar-refractivity contribution in [3.05, 3.63) is 35.9 Å². The van der Waals surface area contributed by atoms with Crippen LogP contribution in [0.3, 0.4) is 0 Å². The number of hydrogen-bond donors (Lipinski definition) is 2. The summed E-state index contributed by atoms with van der Waals surface area (Å²) in [6, 6.07) is 10.3. The zero-order chi connectivity index (χ0) is 12.1. The highest BCUT2D eigenvalue weighted by molar-refractivity contribution is 5.47. The van der Waals surface area contributed by atoms with Crippen molar-refractivity contribution in [2.24, 2.45) is 5.92 Å². The van der Waals surface area contributed by atoms with Gasteiger partial charge < -0.3 is 10.4 Å². The van der Waals surface area contributed by atoms with Crippen molar-refractivity contribution in [2.45, 2.75) is 12.6 Å². The Hall–Kier alpha value is -1.39. The summed E-state index contributed by atoms with van der Waals surface area (Å²) in [5, 5.41) is 12.0. The van der Waals surface area contributed by atoms with E-state index in [0.717, 1.165) is 26.0 Å². The van der Waals surface area contributed by atoms with Crippen LogP contribution in [0.2, 0.25) is 0 Å². The molecular weight excluding hydrogens is 216 g/mol. The van der Waals surface area contributed by atoms with Gasteiger partial charge in [-0.25, -0.2) is 0 Å². The molecule has 1 aliphatic rings. The van der Waals surface area contributed by atoms with Gasteiger partial charge in [-0.1, -0.05) is 30.3 Å². The SMILES string of the molecule is O=CN[C@@H]1CN(Cc2ccccc2)C[C@H]1CO. The Kier molecular flexibility index (Phi) is 4.12. The number of aliphatic hydroxyl groups excluding tert-OH is 1. The van der Waals surface area contributed by atoms with Gasteiger partial charge in [0, 0.05) is 38.2 Å². The lowest BCUT2D eigenvalue weighted by Gasteiger charge is -2.15. The first-order chi connectivity index (χ1) is 8.33. The molecule has 1 fully saturated rings. The summed E-state index contributed by atoms with van der Waals surface area (Å²) in [6.45, 7) is 2.63. The maximum atomic E-state index is 10.5. The number of rotatable bonds is 5. The molecule has 0 aromatic heterocycles. The van der Waals surface area contributed by atoms with E-state index >= 15 is 0 Å². The number of carbonyl (C=O) groups is 1. The zero-order valence-corrected chi connectivity index (χ0v) is 9.75. The van der Waals surface area contributed by atoms with Crippen LogP contribution in [0.15, 0.2) is 30.3 Å². The summed E-state index contributed by atoms with van der Waals surface area (Å²) < 4.78 is 0. The monoisotopic (exact) mass is 234 g/mol. The van der Waals surface area contributed by atoms with E-state index in [4.69, 9.17) is 0 Å². The molecule has 0 aliphatic carbocycles. The van der Waals surface area contributed by atoms with Crippen LogP contribution in [-0.2, 0) is 11.3 Å².